The van der Waals surface area contributed by atoms with Gasteiger partial charge in [-0.25, -0.2) is 4.68 Å². The van der Waals surface area contributed by atoms with Crippen molar-refractivity contribution in [1.82, 2.24) is 25.3 Å². The highest BCUT2D eigenvalue weighted by molar-refractivity contribution is 8.00. The van der Waals surface area contributed by atoms with Crippen LogP contribution in [0.25, 0.3) is 5.82 Å². The average molecular weight is 317 g/mol. The topological polar surface area (TPSA) is 72.7 Å². The van der Waals surface area contributed by atoms with Crippen molar-refractivity contribution in [3.8, 4) is 5.82 Å². The number of hydrogen-bond acceptors (Lipinski definition) is 5. The van der Waals surface area contributed by atoms with E-state index in [0.717, 1.165) is 42.2 Å². The van der Waals surface area contributed by atoms with E-state index in [1.807, 2.05) is 32.0 Å². The molecule has 0 unspecified atom stereocenters. The highest BCUT2D eigenvalue weighted by atomic mass is 32.2. The van der Waals surface area contributed by atoms with Crippen molar-refractivity contribution in [2.45, 2.75) is 43.4 Å². The van der Waals surface area contributed by atoms with Crippen LogP contribution in [0.3, 0.4) is 0 Å². The molecule has 0 aromatic carbocycles. The molecule has 1 saturated heterocycles. The number of rotatable bonds is 3. The van der Waals surface area contributed by atoms with Crippen LogP contribution < -0.4 is 5.32 Å². The standard InChI is InChI=1S/C15H19N5OS/c1-10-9-11(2)20(19-10)13-6-7-14(18-17-13)22-12-5-3-4-8-16-15(12)21/h6-7,9,12H,3-5,8H2,1-2H3,(H,16,21)/t12-/m0/s1. The van der Waals surface area contributed by atoms with E-state index in [9.17, 15) is 4.79 Å². The van der Waals surface area contributed by atoms with Crippen LogP contribution in [-0.4, -0.2) is 37.7 Å². The van der Waals surface area contributed by atoms with E-state index in [-0.39, 0.29) is 11.2 Å². The smallest absolute Gasteiger partial charge is 0.233 e. The summed E-state index contributed by atoms with van der Waals surface area (Å²) in [6.07, 6.45) is 3.00. The van der Waals surface area contributed by atoms with E-state index < -0.39 is 0 Å². The molecule has 0 radical (unpaired) electrons. The Labute approximate surface area is 133 Å². The average Bonchev–Trinajstić information content (AvgIpc) is 2.71. The van der Waals surface area contributed by atoms with Gasteiger partial charge in [0, 0.05) is 12.2 Å². The van der Waals surface area contributed by atoms with Crippen molar-refractivity contribution in [3.05, 3.63) is 29.6 Å². The fraction of sp³-hybridized carbons (Fsp3) is 0.467. The Morgan fingerprint density at radius 2 is 2.14 bits per heavy atom. The molecule has 0 aliphatic carbocycles. The quantitative estimate of drug-likeness (QED) is 0.938. The van der Waals surface area contributed by atoms with E-state index >= 15 is 0 Å². The maximum atomic E-state index is 12.0. The summed E-state index contributed by atoms with van der Waals surface area (Å²) in [4.78, 5) is 12.0. The van der Waals surface area contributed by atoms with E-state index in [0.29, 0.717) is 5.82 Å². The van der Waals surface area contributed by atoms with Gasteiger partial charge in [-0.1, -0.05) is 18.2 Å². The van der Waals surface area contributed by atoms with Crippen LogP contribution in [0.15, 0.2) is 23.2 Å². The monoisotopic (exact) mass is 317 g/mol. The van der Waals surface area contributed by atoms with Crippen LogP contribution in [-0.2, 0) is 4.79 Å². The van der Waals surface area contributed by atoms with Gasteiger partial charge in [-0.2, -0.15) is 5.10 Å². The minimum Gasteiger partial charge on any atom is -0.355 e. The van der Waals surface area contributed by atoms with Crippen LogP contribution >= 0.6 is 11.8 Å². The number of carbonyl (C=O) groups excluding carboxylic acids is 1. The Morgan fingerprint density at radius 3 is 2.82 bits per heavy atom. The molecule has 6 nitrogen and oxygen atoms in total. The molecule has 1 aliphatic rings. The second-order valence-electron chi connectivity index (χ2n) is 5.46. The third-order valence-corrected chi connectivity index (χ3v) is 4.79. The van der Waals surface area contributed by atoms with Gasteiger partial charge in [0.05, 0.1) is 10.9 Å². The van der Waals surface area contributed by atoms with Gasteiger partial charge in [0.15, 0.2) is 5.82 Å². The zero-order valence-corrected chi connectivity index (χ0v) is 13.6. The fourth-order valence-electron chi connectivity index (χ4n) is 2.52. The first-order valence-electron chi connectivity index (χ1n) is 7.45. The molecule has 3 rings (SSSR count). The minimum atomic E-state index is -0.0728. The number of nitrogens with zero attached hydrogens (tertiary/aromatic N) is 4. The number of thioether (sulfide) groups is 1. The molecule has 1 atom stereocenters. The van der Waals surface area contributed by atoms with Gasteiger partial charge in [0.2, 0.25) is 5.91 Å². The first-order chi connectivity index (χ1) is 10.6. The predicted molar refractivity (Wildman–Crippen MR) is 85.1 cm³/mol. The summed E-state index contributed by atoms with van der Waals surface area (Å²) in [5, 5.41) is 16.5. The number of amides is 1. The van der Waals surface area contributed by atoms with E-state index in [2.05, 4.69) is 20.6 Å². The molecular formula is C15H19N5OS. The summed E-state index contributed by atoms with van der Waals surface area (Å²) >= 11 is 1.48. The second-order valence-corrected chi connectivity index (χ2v) is 6.68. The molecule has 1 aliphatic heterocycles. The van der Waals surface area contributed by atoms with Crippen molar-refractivity contribution in [3.63, 3.8) is 0 Å². The second kappa shape index (κ2) is 6.48. The molecular weight excluding hydrogens is 298 g/mol. The first-order valence-corrected chi connectivity index (χ1v) is 8.33. The lowest BCUT2D eigenvalue weighted by atomic mass is 10.2. The number of hydrogen-bond donors (Lipinski definition) is 1. The minimum absolute atomic E-state index is 0.0728. The summed E-state index contributed by atoms with van der Waals surface area (Å²) in [7, 11) is 0. The fourth-order valence-corrected chi connectivity index (χ4v) is 3.52. The Bertz CT molecular complexity index is 667. The van der Waals surface area contributed by atoms with Crippen LogP contribution in [0.5, 0.6) is 0 Å². The molecule has 0 bridgehead atoms. The summed E-state index contributed by atoms with van der Waals surface area (Å²) in [5.41, 5.74) is 1.98. The molecule has 22 heavy (non-hydrogen) atoms. The highest BCUT2D eigenvalue weighted by Gasteiger charge is 2.22. The molecule has 2 aromatic heterocycles. The third-order valence-electron chi connectivity index (χ3n) is 3.60. The Hall–Kier alpha value is -1.89. The molecule has 3 heterocycles. The lowest BCUT2D eigenvalue weighted by Crippen LogP contribution is -2.30. The number of aryl methyl sites for hydroxylation is 2. The van der Waals surface area contributed by atoms with Gasteiger partial charge in [0.25, 0.3) is 0 Å². The van der Waals surface area contributed by atoms with Gasteiger partial charge in [-0.05, 0) is 44.9 Å². The number of nitrogens with one attached hydrogen (secondary N) is 1. The zero-order chi connectivity index (χ0) is 15.5. The van der Waals surface area contributed by atoms with E-state index in [1.54, 1.807) is 4.68 Å². The van der Waals surface area contributed by atoms with Crippen molar-refractivity contribution >= 4 is 17.7 Å². The van der Waals surface area contributed by atoms with Crippen molar-refractivity contribution in [2.75, 3.05) is 6.54 Å². The van der Waals surface area contributed by atoms with E-state index in [1.165, 1.54) is 11.8 Å². The van der Waals surface area contributed by atoms with Crippen LogP contribution in [0.4, 0.5) is 0 Å². The van der Waals surface area contributed by atoms with Gasteiger partial charge in [-0.3, -0.25) is 4.79 Å². The molecule has 1 fully saturated rings. The third kappa shape index (κ3) is 3.30. The van der Waals surface area contributed by atoms with Gasteiger partial charge >= 0.3 is 0 Å². The first kappa shape index (κ1) is 15.0. The SMILES string of the molecule is Cc1cc(C)n(-c2ccc(S[C@H]3CCCCNC3=O)nn2)n1. The normalized spacial score (nSPS) is 18.8. The zero-order valence-electron chi connectivity index (χ0n) is 12.7. The summed E-state index contributed by atoms with van der Waals surface area (Å²) in [6.45, 7) is 4.71. The maximum absolute atomic E-state index is 12.0. The Kier molecular flexibility index (Phi) is 4.42. The maximum Gasteiger partial charge on any atom is 0.233 e. The van der Waals surface area contributed by atoms with Crippen LogP contribution in [0.2, 0.25) is 0 Å². The molecule has 1 amide bonds. The van der Waals surface area contributed by atoms with Gasteiger partial charge in [-0.15, -0.1) is 10.2 Å². The van der Waals surface area contributed by atoms with Crippen molar-refractivity contribution in [1.29, 1.82) is 0 Å². The Balaban J connectivity index is 1.74. The molecule has 0 spiro atoms. The molecule has 7 heteroatoms. The summed E-state index contributed by atoms with van der Waals surface area (Å²) in [5.74, 6) is 0.798. The summed E-state index contributed by atoms with van der Waals surface area (Å²) < 4.78 is 1.77. The molecule has 116 valence electrons. The highest BCUT2D eigenvalue weighted by Crippen LogP contribution is 2.26. The predicted octanol–water partition coefficient (Wildman–Crippen LogP) is 2.04. The molecule has 0 saturated carbocycles. The van der Waals surface area contributed by atoms with Crippen LogP contribution in [0.1, 0.15) is 30.7 Å². The largest absolute Gasteiger partial charge is 0.355 e. The van der Waals surface area contributed by atoms with Gasteiger partial charge < -0.3 is 5.32 Å². The molecule has 1 N–H and O–H groups in total. The van der Waals surface area contributed by atoms with Gasteiger partial charge in [0.1, 0.15) is 5.03 Å². The lowest BCUT2D eigenvalue weighted by Gasteiger charge is -2.11. The number of carbonyl (C=O) groups is 1. The molecule has 2 aromatic rings. The van der Waals surface area contributed by atoms with Crippen molar-refractivity contribution in [2.24, 2.45) is 0 Å². The Morgan fingerprint density at radius 1 is 1.27 bits per heavy atom. The summed E-state index contributed by atoms with van der Waals surface area (Å²) in [6, 6.07) is 5.80. The number of aromatic nitrogens is 4. The van der Waals surface area contributed by atoms with Crippen molar-refractivity contribution < 1.29 is 4.79 Å². The van der Waals surface area contributed by atoms with Crippen LogP contribution in [0, 0.1) is 13.8 Å². The lowest BCUT2D eigenvalue weighted by molar-refractivity contribution is -0.120. The van der Waals surface area contributed by atoms with E-state index in [4.69, 9.17) is 0 Å².